The van der Waals surface area contributed by atoms with E-state index in [9.17, 15) is 0 Å². The van der Waals surface area contributed by atoms with Crippen LogP contribution in [0.5, 0.6) is 0 Å². The predicted molar refractivity (Wildman–Crippen MR) is 48.6 cm³/mol. The Morgan fingerprint density at radius 2 is 2.58 bits per heavy atom. The zero-order valence-electron chi connectivity index (χ0n) is 7.38. The molecule has 1 aromatic heterocycles. The Balaban J connectivity index is 2.17. The van der Waals surface area contributed by atoms with Crippen molar-refractivity contribution in [1.29, 1.82) is 0 Å². The third-order valence-electron chi connectivity index (χ3n) is 1.81. The smallest absolute Gasteiger partial charge is 0.0532 e. The van der Waals surface area contributed by atoms with E-state index in [-0.39, 0.29) is 0 Å². The maximum absolute atomic E-state index is 5.42. The van der Waals surface area contributed by atoms with Crippen molar-refractivity contribution >= 4 is 0 Å². The number of aromatic amines is 1. The van der Waals surface area contributed by atoms with Crippen LogP contribution in [0.2, 0.25) is 0 Å². The highest BCUT2D eigenvalue weighted by atomic mass is 15.1. The second-order valence-corrected chi connectivity index (χ2v) is 2.97. The predicted octanol–water partition coefficient (Wildman–Crippen LogP) is 0.237. The minimum Gasteiger partial charge on any atom is -0.330 e. The topological polar surface area (TPSA) is 66.7 Å². The van der Waals surface area contributed by atoms with Crippen molar-refractivity contribution in [3.63, 3.8) is 0 Å². The monoisotopic (exact) mass is 168 g/mol. The molecule has 0 saturated carbocycles. The van der Waals surface area contributed by atoms with Gasteiger partial charge < -0.3 is 11.1 Å². The van der Waals surface area contributed by atoms with Crippen LogP contribution in [0.4, 0.5) is 0 Å². The molecular formula is C8H16N4. The van der Waals surface area contributed by atoms with Crippen LogP contribution in [-0.2, 0) is 6.54 Å². The molecule has 1 heterocycles. The maximum atomic E-state index is 5.42. The summed E-state index contributed by atoms with van der Waals surface area (Å²) < 4.78 is 0. The summed E-state index contributed by atoms with van der Waals surface area (Å²) in [6, 6.07) is 0.477. The summed E-state index contributed by atoms with van der Waals surface area (Å²) in [5.41, 5.74) is 6.60. The average molecular weight is 168 g/mol. The van der Waals surface area contributed by atoms with Gasteiger partial charge in [-0.05, 0) is 19.9 Å². The molecule has 1 aromatic rings. The molecule has 0 radical (unpaired) electrons. The summed E-state index contributed by atoms with van der Waals surface area (Å²) in [5, 5.41) is 9.97. The lowest BCUT2D eigenvalue weighted by atomic mass is 10.2. The van der Waals surface area contributed by atoms with Crippen molar-refractivity contribution in [3.05, 3.63) is 18.0 Å². The van der Waals surface area contributed by atoms with E-state index in [0.29, 0.717) is 6.04 Å². The Morgan fingerprint density at radius 3 is 3.17 bits per heavy atom. The van der Waals surface area contributed by atoms with Crippen LogP contribution >= 0.6 is 0 Å². The molecule has 0 aliphatic heterocycles. The van der Waals surface area contributed by atoms with Crippen LogP contribution < -0.4 is 11.1 Å². The van der Waals surface area contributed by atoms with Crippen LogP contribution in [-0.4, -0.2) is 22.8 Å². The van der Waals surface area contributed by atoms with Crippen LogP contribution in [0, 0.1) is 0 Å². The Morgan fingerprint density at radius 1 is 1.75 bits per heavy atom. The lowest BCUT2D eigenvalue weighted by Crippen LogP contribution is -2.27. The second kappa shape index (κ2) is 4.90. The minimum absolute atomic E-state index is 0.477. The molecule has 1 unspecified atom stereocenters. The van der Waals surface area contributed by atoms with Crippen LogP contribution in [0.25, 0.3) is 0 Å². The largest absolute Gasteiger partial charge is 0.330 e. The molecule has 0 fully saturated rings. The summed E-state index contributed by atoms with van der Waals surface area (Å²) >= 11 is 0. The van der Waals surface area contributed by atoms with Gasteiger partial charge in [0, 0.05) is 24.3 Å². The molecule has 0 amide bonds. The van der Waals surface area contributed by atoms with Gasteiger partial charge in [0.25, 0.3) is 0 Å². The molecule has 0 aliphatic carbocycles. The number of aromatic nitrogens is 2. The van der Waals surface area contributed by atoms with Gasteiger partial charge in [-0.2, -0.15) is 5.10 Å². The molecule has 0 bridgehead atoms. The molecule has 12 heavy (non-hydrogen) atoms. The van der Waals surface area contributed by atoms with Gasteiger partial charge in [-0.25, -0.2) is 0 Å². The van der Waals surface area contributed by atoms with E-state index in [1.54, 1.807) is 0 Å². The first kappa shape index (κ1) is 9.22. The van der Waals surface area contributed by atoms with E-state index < -0.39 is 0 Å². The van der Waals surface area contributed by atoms with Crippen molar-refractivity contribution in [2.75, 3.05) is 6.54 Å². The number of hydrogen-bond acceptors (Lipinski definition) is 3. The SMILES string of the molecule is CC(CCN)NCc1cn[nH]c1. The van der Waals surface area contributed by atoms with Crippen LogP contribution in [0.15, 0.2) is 12.4 Å². The highest BCUT2D eigenvalue weighted by molar-refractivity contribution is 5.01. The quantitative estimate of drug-likeness (QED) is 0.590. The van der Waals surface area contributed by atoms with Gasteiger partial charge >= 0.3 is 0 Å². The lowest BCUT2D eigenvalue weighted by molar-refractivity contribution is 0.520. The van der Waals surface area contributed by atoms with E-state index >= 15 is 0 Å². The summed E-state index contributed by atoms with van der Waals surface area (Å²) in [5.74, 6) is 0. The maximum Gasteiger partial charge on any atom is 0.0532 e. The molecule has 1 rings (SSSR count). The molecule has 4 N–H and O–H groups in total. The van der Waals surface area contributed by atoms with Crippen molar-refractivity contribution in [2.45, 2.75) is 25.9 Å². The molecule has 1 atom stereocenters. The first-order valence-electron chi connectivity index (χ1n) is 4.24. The molecule has 4 nitrogen and oxygen atoms in total. The van der Waals surface area contributed by atoms with Crippen LogP contribution in [0.1, 0.15) is 18.9 Å². The van der Waals surface area contributed by atoms with Gasteiger partial charge in [0.1, 0.15) is 0 Å². The second-order valence-electron chi connectivity index (χ2n) is 2.97. The molecule has 68 valence electrons. The average Bonchev–Trinajstić information content (AvgIpc) is 2.53. The fourth-order valence-corrected chi connectivity index (χ4v) is 1.02. The molecule has 4 heteroatoms. The lowest BCUT2D eigenvalue weighted by Gasteiger charge is -2.10. The molecule has 0 spiro atoms. The number of H-pyrrole nitrogens is 1. The molecule has 0 aromatic carbocycles. The zero-order valence-corrected chi connectivity index (χ0v) is 7.38. The van der Waals surface area contributed by atoms with Gasteiger partial charge in [0.15, 0.2) is 0 Å². The number of hydrogen-bond donors (Lipinski definition) is 3. The zero-order chi connectivity index (χ0) is 8.81. The van der Waals surface area contributed by atoms with Gasteiger partial charge in [-0.3, -0.25) is 5.10 Å². The fraction of sp³-hybridized carbons (Fsp3) is 0.625. The van der Waals surface area contributed by atoms with Gasteiger partial charge in [0.05, 0.1) is 6.20 Å². The number of nitrogens with zero attached hydrogens (tertiary/aromatic N) is 1. The first-order chi connectivity index (χ1) is 5.83. The Bertz CT molecular complexity index is 195. The van der Waals surface area contributed by atoms with E-state index in [4.69, 9.17) is 5.73 Å². The van der Waals surface area contributed by atoms with E-state index in [2.05, 4.69) is 22.4 Å². The van der Waals surface area contributed by atoms with Gasteiger partial charge in [-0.1, -0.05) is 0 Å². The Hall–Kier alpha value is -0.870. The molecular weight excluding hydrogens is 152 g/mol. The summed E-state index contributed by atoms with van der Waals surface area (Å²) in [7, 11) is 0. The summed E-state index contributed by atoms with van der Waals surface area (Å²) in [6.45, 7) is 3.73. The highest BCUT2D eigenvalue weighted by Gasteiger charge is 1.99. The fourth-order valence-electron chi connectivity index (χ4n) is 1.02. The van der Waals surface area contributed by atoms with E-state index in [0.717, 1.165) is 19.5 Å². The summed E-state index contributed by atoms with van der Waals surface area (Å²) in [6.07, 6.45) is 4.72. The third kappa shape index (κ3) is 3.02. The Kier molecular flexibility index (Phi) is 3.76. The number of nitrogens with two attached hydrogens (primary N) is 1. The number of rotatable bonds is 5. The molecule has 0 saturated heterocycles. The standard InChI is InChI=1S/C8H16N4/c1-7(2-3-9)10-4-8-5-11-12-6-8/h5-7,10H,2-4,9H2,1H3,(H,11,12). The summed E-state index contributed by atoms with van der Waals surface area (Å²) in [4.78, 5) is 0. The van der Waals surface area contributed by atoms with Crippen molar-refractivity contribution < 1.29 is 0 Å². The third-order valence-corrected chi connectivity index (χ3v) is 1.81. The normalized spacial score (nSPS) is 13.2. The number of nitrogens with one attached hydrogen (secondary N) is 2. The van der Waals surface area contributed by atoms with Gasteiger partial charge in [-0.15, -0.1) is 0 Å². The highest BCUT2D eigenvalue weighted by Crippen LogP contribution is 1.95. The minimum atomic E-state index is 0.477. The van der Waals surface area contributed by atoms with Crippen molar-refractivity contribution in [1.82, 2.24) is 15.5 Å². The van der Waals surface area contributed by atoms with Crippen molar-refractivity contribution in [2.24, 2.45) is 5.73 Å². The van der Waals surface area contributed by atoms with Gasteiger partial charge in [0.2, 0.25) is 0 Å². The van der Waals surface area contributed by atoms with E-state index in [1.807, 2.05) is 12.4 Å². The van der Waals surface area contributed by atoms with Crippen LogP contribution in [0.3, 0.4) is 0 Å². The van der Waals surface area contributed by atoms with E-state index in [1.165, 1.54) is 5.56 Å². The van der Waals surface area contributed by atoms with Crippen molar-refractivity contribution in [3.8, 4) is 0 Å². The first-order valence-corrected chi connectivity index (χ1v) is 4.24. The Labute approximate surface area is 72.5 Å². The molecule has 0 aliphatic rings.